The van der Waals surface area contributed by atoms with Gasteiger partial charge in [0.05, 0.1) is 0 Å². The van der Waals surface area contributed by atoms with Crippen LogP contribution in [0.3, 0.4) is 0 Å². The van der Waals surface area contributed by atoms with Gasteiger partial charge in [-0.1, -0.05) is 32.3 Å². The minimum atomic E-state index is 0.417. The number of rotatable bonds is 4. The Morgan fingerprint density at radius 1 is 1.08 bits per heavy atom. The molecule has 0 saturated carbocycles. The Morgan fingerprint density at radius 3 is 2.33 bits per heavy atom. The second-order valence-electron chi connectivity index (χ2n) is 3.51. The molecular formula is C11H18O. The summed E-state index contributed by atoms with van der Waals surface area (Å²) < 4.78 is 0. The zero-order valence-corrected chi connectivity index (χ0v) is 8.15. The molecule has 0 aliphatic heterocycles. The van der Waals surface area contributed by atoms with E-state index >= 15 is 0 Å². The van der Waals surface area contributed by atoms with E-state index in [1.807, 2.05) is 0 Å². The molecule has 0 amide bonds. The lowest BCUT2D eigenvalue weighted by molar-refractivity contribution is -0.115. The summed E-state index contributed by atoms with van der Waals surface area (Å²) in [4.78, 5) is 11.4. The molecule has 0 heterocycles. The maximum Gasteiger partial charge on any atom is 0.159 e. The molecule has 0 atom stereocenters. The van der Waals surface area contributed by atoms with E-state index in [0.29, 0.717) is 5.78 Å². The Labute approximate surface area is 74.9 Å². The van der Waals surface area contributed by atoms with Gasteiger partial charge < -0.3 is 0 Å². The Kier molecular flexibility index (Phi) is 3.51. The first kappa shape index (κ1) is 9.50. The highest BCUT2D eigenvalue weighted by atomic mass is 16.1. The molecule has 0 aromatic carbocycles. The van der Waals surface area contributed by atoms with E-state index < -0.39 is 0 Å². The van der Waals surface area contributed by atoms with Crippen molar-refractivity contribution in [3.8, 4) is 0 Å². The van der Waals surface area contributed by atoms with Crippen LogP contribution in [0.4, 0.5) is 0 Å². The third-order valence-corrected chi connectivity index (χ3v) is 2.47. The van der Waals surface area contributed by atoms with Crippen LogP contribution in [0.5, 0.6) is 0 Å². The molecule has 1 aliphatic carbocycles. The van der Waals surface area contributed by atoms with Crippen LogP contribution < -0.4 is 0 Å². The highest BCUT2D eigenvalue weighted by Gasteiger charge is 2.20. The standard InChI is InChI=1S/C11H18O/c1-3-5-9-7-8-11(12)10(9)6-4-2/h3-8H2,1-2H3. The first-order valence-electron chi connectivity index (χ1n) is 5.03. The average molecular weight is 166 g/mol. The lowest BCUT2D eigenvalue weighted by Gasteiger charge is -2.02. The zero-order chi connectivity index (χ0) is 8.97. The monoisotopic (exact) mass is 166 g/mol. The van der Waals surface area contributed by atoms with Gasteiger partial charge in [-0.2, -0.15) is 0 Å². The van der Waals surface area contributed by atoms with Crippen LogP contribution in [-0.2, 0) is 4.79 Å². The highest BCUT2D eigenvalue weighted by Crippen LogP contribution is 2.29. The SMILES string of the molecule is CCCC1=C(CCC)C(=O)CC1. The number of carbonyl (C=O) groups is 1. The Hall–Kier alpha value is -0.590. The van der Waals surface area contributed by atoms with Crippen LogP contribution in [0.1, 0.15) is 52.4 Å². The smallest absolute Gasteiger partial charge is 0.159 e. The minimum Gasteiger partial charge on any atom is -0.295 e. The predicted octanol–water partition coefficient (Wildman–Crippen LogP) is 3.25. The molecule has 0 unspecified atom stereocenters. The first-order valence-corrected chi connectivity index (χ1v) is 5.03. The van der Waals surface area contributed by atoms with Gasteiger partial charge in [0, 0.05) is 6.42 Å². The third-order valence-electron chi connectivity index (χ3n) is 2.47. The lowest BCUT2D eigenvalue weighted by atomic mass is 10.0. The van der Waals surface area contributed by atoms with Gasteiger partial charge in [0.2, 0.25) is 0 Å². The molecule has 1 nitrogen and oxygen atoms in total. The number of carbonyl (C=O) groups excluding carboxylic acids is 1. The molecule has 0 N–H and O–H groups in total. The number of hydrogen-bond acceptors (Lipinski definition) is 1. The molecule has 0 fully saturated rings. The van der Waals surface area contributed by atoms with Gasteiger partial charge in [0.15, 0.2) is 5.78 Å². The lowest BCUT2D eigenvalue weighted by Crippen LogP contribution is -1.95. The van der Waals surface area contributed by atoms with Gasteiger partial charge in [-0.3, -0.25) is 4.79 Å². The summed E-state index contributed by atoms with van der Waals surface area (Å²) in [7, 11) is 0. The van der Waals surface area contributed by atoms with E-state index in [2.05, 4.69) is 13.8 Å². The van der Waals surface area contributed by atoms with Crippen molar-refractivity contribution in [2.45, 2.75) is 52.4 Å². The van der Waals surface area contributed by atoms with Crippen LogP contribution in [0.15, 0.2) is 11.1 Å². The molecule has 0 aromatic rings. The summed E-state index contributed by atoms with van der Waals surface area (Å²) in [6.45, 7) is 4.32. The maximum atomic E-state index is 11.4. The van der Waals surface area contributed by atoms with Gasteiger partial charge in [-0.15, -0.1) is 0 Å². The van der Waals surface area contributed by atoms with Crippen molar-refractivity contribution in [3.05, 3.63) is 11.1 Å². The molecule has 0 bridgehead atoms. The maximum absolute atomic E-state index is 11.4. The van der Waals surface area contributed by atoms with Gasteiger partial charge >= 0.3 is 0 Å². The van der Waals surface area contributed by atoms with E-state index in [0.717, 1.165) is 32.1 Å². The summed E-state index contributed by atoms with van der Waals surface area (Å²) in [6, 6.07) is 0. The van der Waals surface area contributed by atoms with Crippen molar-refractivity contribution in [2.75, 3.05) is 0 Å². The fourth-order valence-corrected chi connectivity index (χ4v) is 1.91. The van der Waals surface area contributed by atoms with Gasteiger partial charge in [0.1, 0.15) is 0 Å². The molecule has 1 rings (SSSR count). The number of Topliss-reactive ketones (excluding diaryl/α,β-unsaturated/α-hetero) is 1. The van der Waals surface area contributed by atoms with Gasteiger partial charge in [-0.05, 0) is 24.8 Å². The molecule has 68 valence electrons. The number of allylic oxidation sites excluding steroid dienone is 2. The molecule has 1 heteroatoms. The summed E-state index contributed by atoms with van der Waals surface area (Å²) in [5.74, 6) is 0.417. The van der Waals surface area contributed by atoms with Crippen molar-refractivity contribution in [3.63, 3.8) is 0 Å². The van der Waals surface area contributed by atoms with Crippen LogP contribution in [0, 0.1) is 0 Å². The van der Waals surface area contributed by atoms with Gasteiger partial charge in [-0.25, -0.2) is 0 Å². The van der Waals surface area contributed by atoms with Crippen molar-refractivity contribution in [2.24, 2.45) is 0 Å². The van der Waals surface area contributed by atoms with E-state index in [4.69, 9.17) is 0 Å². The van der Waals surface area contributed by atoms with Crippen LogP contribution >= 0.6 is 0 Å². The van der Waals surface area contributed by atoms with E-state index in [9.17, 15) is 4.79 Å². The second kappa shape index (κ2) is 4.44. The quantitative estimate of drug-likeness (QED) is 0.626. The summed E-state index contributed by atoms with van der Waals surface area (Å²) >= 11 is 0. The number of hydrogen-bond donors (Lipinski definition) is 0. The van der Waals surface area contributed by atoms with E-state index in [1.54, 1.807) is 0 Å². The Bertz CT molecular complexity index is 201. The van der Waals surface area contributed by atoms with Crippen molar-refractivity contribution >= 4 is 5.78 Å². The molecule has 0 aromatic heterocycles. The Balaban J connectivity index is 2.67. The van der Waals surface area contributed by atoms with Gasteiger partial charge in [0.25, 0.3) is 0 Å². The molecule has 1 aliphatic rings. The first-order chi connectivity index (χ1) is 5.79. The predicted molar refractivity (Wildman–Crippen MR) is 51.1 cm³/mol. The fourth-order valence-electron chi connectivity index (χ4n) is 1.91. The fraction of sp³-hybridized carbons (Fsp3) is 0.727. The largest absolute Gasteiger partial charge is 0.295 e. The minimum absolute atomic E-state index is 0.417. The average Bonchev–Trinajstić information content (AvgIpc) is 2.37. The van der Waals surface area contributed by atoms with E-state index in [1.165, 1.54) is 17.6 Å². The molecule has 0 saturated heterocycles. The normalized spacial score (nSPS) is 17.7. The summed E-state index contributed by atoms with van der Waals surface area (Å²) in [6.07, 6.45) is 6.26. The van der Waals surface area contributed by atoms with Crippen molar-refractivity contribution in [1.82, 2.24) is 0 Å². The summed E-state index contributed by atoms with van der Waals surface area (Å²) in [5, 5.41) is 0. The molecule has 0 spiro atoms. The molecular weight excluding hydrogens is 148 g/mol. The van der Waals surface area contributed by atoms with Crippen LogP contribution in [0.25, 0.3) is 0 Å². The van der Waals surface area contributed by atoms with E-state index in [-0.39, 0.29) is 0 Å². The zero-order valence-electron chi connectivity index (χ0n) is 8.15. The van der Waals surface area contributed by atoms with Crippen molar-refractivity contribution < 1.29 is 4.79 Å². The number of ketones is 1. The Morgan fingerprint density at radius 2 is 1.75 bits per heavy atom. The second-order valence-corrected chi connectivity index (χ2v) is 3.51. The van der Waals surface area contributed by atoms with Crippen LogP contribution in [0.2, 0.25) is 0 Å². The molecule has 12 heavy (non-hydrogen) atoms. The van der Waals surface area contributed by atoms with Crippen LogP contribution in [-0.4, -0.2) is 5.78 Å². The topological polar surface area (TPSA) is 17.1 Å². The molecule has 0 radical (unpaired) electrons. The summed E-state index contributed by atoms with van der Waals surface area (Å²) in [5.41, 5.74) is 2.61. The van der Waals surface area contributed by atoms with Crippen molar-refractivity contribution in [1.29, 1.82) is 0 Å². The highest BCUT2D eigenvalue weighted by molar-refractivity contribution is 5.98. The third kappa shape index (κ3) is 1.96.